The van der Waals surface area contributed by atoms with Gasteiger partial charge in [0.1, 0.15) is 0 Å². The molecule has 0 amide bonds. The fourth-order valence-corrected chi connectivity index (χ4v) is 1.50. The molecule has 1 unspecified atom stereocenters. The average molecular weight is 306 g/mol. The second-order valence-electron chi connectivity index (χ2n) is 3.06. The van der Waals surface area contributed by atoms with Crippen LogP contribution in [0.4, 0.5) is 0 Å². The van der Waals surface area contributed by atoms with Gasteiger partial charge in [0, 0.05) is 10.7 Å². The Balaban J connectivity index is 2.43. The Morgan fingerprint density at radius 3 is 2.43 bits per heavy atom. The molecule has 0 radical (unpaired) electrons. The molecule has 0 saturated carbocycles. The molecule has 0 spiro atoms. The summed E-state index contributed by atoms with van der Waals surface area (Å²) in [6, 6.07) is 8.37. The molecule has 14 heavy (non-hydrogen) atoms. The van der Waals surface area contributed by atoms with Gasteiger partial charge in [-0.05, 0) is 47.2 Å². The molecule has 0 aliphatic carbocycles. The third-order valence-electron chi connectivity index (χ3n) is 1.99. The number of rotatable bonds is 5. The lowest BCUT2D eigenvalue weighted by Crippen LogP contribution is -2.05. The summed E-state index contributed by atoms with van der Waals surface area (Å²) in [5.74, 6) is 0. The fourth-order valence-electron chi connectivity index (χ4n) is 1.14. The predicted molar refractivity (Wildman–Crippen MR) is 65.4 cm³/mol. The maximum absolute atomic E-state index is 5.58. The molecule has 78 valence electrons. The first-order valence-electron chi connectivity index (χ1n) is 4.60. The molecule has 2 nitrogen and oxygen atoms in total. The van der Waals surface area contributed by atoms with Crippen LogP contribution in [0.1, 0.15) is 18.6 Å². The number of ether oxygens (including phenoxy) is 2. The molecule has 0 N–H and O–H groups in total. The highest BCUT2D eigenvalue weighted by molar-refractivity contribution is 14.1. The molecular weight excluding hydrogens is 291 g/mol. The number of methoxy groups -OCH3 is 1. The van der Waals surface area contributed by atoms with Crippen LogP contribution in [0.3, 0.4) is 0 Å². The molecule has 1 aromatic rings. The molecule has 1 atom stereocenters. The summed E-state index contributed by atoms with van der Waals surface area (Å²) in [7, 11) is 1.68. The standard InChI is InChI=1S/C11H15IO2/c1-9(14-8-7-13-2)10-3-5-11(12)6-4-10/h3-6,9H,7-8H2,1-2H3. The number of hydrogen-bond donors (Lipinski definition) is 0. The first kappa shape index (κ1) is 11.9. The Hall–Kier alpha value is -0.130. The van der Waals surface area contributed by atoms with Gasteiger partial charge in [-0.3, -0.25) is 0 Å². The minimum absolute atomic E-state index is 0.141. The van der Waals surface area contributed by atoms with Gasteiger partial charge < -0.3 is 9.47 Å². The van der Waals surface area contributed by atoms with Gasteiger partial charge in [0.2, 0.25) is 0 Å². The largest absolute Gasteiger partial charge is 0.382 e. The predicted octanol–water partition coefficient (Wildman–Crippen LogP) is 3.02. The van der Waals surface area contributed by atoms with Crippen LogP contribution in [-0.4, -0.2) is 20.3 Å². The van der Waals surface area contributed by atoms with Gasteiger partial charge in [-0.15, -0.1) is 0 Å². The summed E-state index contributed by atoms with van der Waals surface area (Å²) in [6.07, 6.45) is 0.141. The van der Waals surface area contributed by atoms with E-state index >= 15 is 0 Å². The van der Waals surface area contributed by atoms with E-state index in [9.17, 15) is 0 Å². The topological polar surface area (TPSA) is 18.5 Å². The molecule has 0 fully saturated rings. The average Bonchev–Trinajstić information content (AvgIpc) is 2.19. The van der Waals surface area contributed by atoms with Gasteiger partial charge in [0.15, 0.2) is 0 Å². The van der Waals surface area contributed by atoms with Gasteiger partial charge >= 0.3 is 0 Å². The molecular formula is C11H15IO2. The molecule has 0 saturated heterocycles. The van der Waals surface area contributed by atoms with Crippen molar-refractivity contribution in [3.8, 4) is 0 Å². The van der Waals surface area contributed by atoms with E-state index in [4.69, 9.17) is 9.47 Å². The molecule has 0 heterocycles. The Kier molecular flexibility index (Phi) is 5.44. The maximum Gasteiger partial charge on any atom is 0.0797 e. The van der Waals surface area contributed by atoms with Crippen LogP contribution in [0.2, 0.25) is 0 Å². The van der Waals surface area contributed by atoms with Gasteiger partial charge in [0.25, 0.3) is 0 Å². The quantitative estimate of drug-likeness (QED) is 0.615. The highest BCUT2D eigenvalue weighted by atomic mass is 127. The molecule has 0 aliphatic heterocycles. The van der Waals surface area contributed by atoms with E-state index in [-0.39, 0.29) is 6.10 Å². The number of benzene rings is 1. The van der Waals surface area contributed by atoms with Gasteiger partial charge in [-0.1, -0.05) is 12.1 Å². The second kappa shape index (κ2) is 6.37. The van der Waals surface area contributed by atoms with Crippen molar-refractivity contribution in [2.75, 3.05) is 20.3 Å². The van der Waals surface area contributed by atoms with Crippen LogP contribution >= 0.6 is 22.6 Å². The lowest BCUT2D eigenvalue weighted by atomic mass is 10.1. The van der Waals surface area contributed by atoms with E-state index in [0.29, 0.717) is 13.2 Å². The van der Waals surface area contributed by atoms with E-state index in [1.165, 1.54) is 9.13 Å². The Bertz CT molecular complexity index is 258. The molecule has 0 aliphatic rings. The molecule has 0 bridgehead atoms. The zero-order valence-corrected chi connectivity index (χ0v) is 10.7. The van der Waals surface area contributed by atoms with Crippen LogP contribution in [0.15, 0.2) is 24.3 Å². The van der Waals surface area contributed by atoms with E-state index in [1.54, 1.807) is 7.11 Å². The minimum Gasteiger partial charge on any atom is -0.382 e. The minimum atomic E-state index is 0.141. The Labute approximate surface area is 98.7 Å². The van der Waals surface area contributed by atoms with Gasteiger partial charge in [0.05, 0.1) is 19.3 Å². The zero-order valence-electron chi connectivity index (χ0n) is 8.50. The van der Waals surface area contributed by atoms with Crippen LogP contribution < -0.4 is 0 Å². The Morgan fingerprint density at radius 2 is 1.86 bits per heavy atom. The first-order valence-corrected chi connectivity index (χ1v) is 5.68. The van der Waals surface area contributed by atoms with Crippen molar-refractivity contribution in [2.24, 2.45) is 0 Å². The van der Waals surface area contributed by atoms with E-state index in [2.05, 4.69) is 53.8 Å². The fraction of sp³-hybridized carbons (Fsp3) is 0.455. The van der Waals surface area contributed by atoms with Crippen molar-refractivity contribution in [2.45, 2.75) is 13.0 Å². The van der Waals surface area contributed by atoms with Crippen LogP contribution in [0.25, 0.3) is 0 Å². The van der Waals surface area contributed by atoms with Crippen LogP contribution in [0.5, 0.6) is 0 Å². The van der Waals surface area contributed by atoms with E-state index < -0.39 is 0 Å². The molecule has 3 heteroatoms. The Morgan fingerprint density at radius 1 is 1.21 bits per heavy atom. The van der Waals surface area contributed by atoms with Crippen molar-refractivity contribution in [1.82, 2.24) is 0 Å². The molecule has 1 rings (SSSR count). The van der Waals surface area contributed by atoms with Gasteiger partial charge in [-0.2, -0.15) is 0 Å². The normalized spacial score (nSPS) is 12.8. The molecule has 0 aromatic heterocycles. The van der Waals surface area contributed by atoms with Crippen molar-refractivity contribution in [3.63, 3.8) is 0 Å². The lowest BCUT2D eigenvalue weighted by molar-refractivity contribution is 0.0256. The maximum atomic E-state index is 5.58. The highest BCUT2D eigenvalue weighted by Gasteiger charge is 2.04. The summed E-state index contributed by atoms with van der Waals surface area (Å²) in [5.41, 5.74) is 1.21. The summed E-state index contributed by atoms with van der Waals surface area (Å²) >= 11 is 2.29. The summed E-state index contributed by atoms with van der Waals surface area (Å²) in [5, 5.41) is 0. The van der Waals surface area contributed by atoms with Crippen molar-refractivity contribution < 1.29 is 9.47 Å². The number of halogens is 1. The summed E-state index contributed by atoms with van der Waals surface area (Å²) in [6.45, 7) is 3.34. The third-order valence-corrected chi connectivity index (χ3v) is 2.71. The third kappa shape index (κ3) is 3.94. The molecule has 1 aromatic carbocycles. The van der Waals surface area contributed by atoms with Gasteiger partial charge in [-0.25, -0.2) is 0 Å². The second-order valence-corrected chi connectivity index (χ2v) is 4.30. The number of hydrogen-bond acceptors (Lipinski definition) is 2. The summed E-state index contributed by atoms with van der Waals surface area (Å²) in [4.78, 5) is 0. The van der Waals surface area contributed by atoms with Crippen LogP contribution in [-0.2, 0) is 9.47 Å². The highest BCUT2D eigenvalue weighted by Crippen LogP contribution is 2.17. The first-order chi connectivity index (χ1) is 6.74. The van der Waals surface area contributed by atoms with Crippen molar-refractivity contribution in [1.29, 1.82) is 0 Å². The van der Waals surface area contributed by atoms with E-state index in [1.807, 2.05) is 0 Å². The summed E-state index contributed by atoms with van der Waals surface area (Å²) < 4.78 is 11.7. The van der Waals surface area contributed by atoms with Crippen molar-refractivity contribution in [3.05, 3.63) is 33.4 Å². The van der Waals surface area contributed by atoms with Crippen molar-refractivity contribution >= 4 is 22.6 Å². The monoisotopic (exact) mass is 306 g/mol. The smallest absolute Gasteiger partial charge is 0.0797 e. The van der Waals surface area contributed by atoms with E-state index in [0.717, 1.165) is 0 Å². The zero-order chi connectivity index (χ0) is 10.4. The SMILES string of the molecule is COCCOC(C)c1ccc(I)cc1. The van der Waals surface area contributed by atoms with Crippen LogP contribution in [0, 0.1) is 3.57 Å². The lowest BCUT2D eigenvalue weighted by Gasteiger charge is -2.12.